The largest absolute Gasteiger partial charge is 0.326 e. The Bertz CT molecular complexity index is 484. The smallest absolute Gasteiger partial charge is 0.228 e. The number of fused-ring (bicyclic) bond motifs is 1. The molecular formula is C18H28N2O. The number of anilines is 1. The topological polar surface area (TPSA) is 41.1 Å². The van der Waals surface area contributed by atoms with Crippen LogP contribution in [0.1, 0.15) is 63.6 Å². The molecule has 1 aromatic carbocycles. The SMILES string of the molecule is CCCCC(CC)C(NCC)c1ccc2c(c1)CC(=O)N2. The Morgan fingerprint density at radius 2 is 2.10 bits per heavy atom. The molecule has 116 valence electrons. The van der Waals surface area contributed by atoms with Gasteiger partial charge >= 0.3 is 0 Å². The summed E-state index contributed by atoms with van der Waals surface area (Å²) < 4.78 is 0. The molecule has 0 radical (unpaired) electrons. The summed E-state index contributed by atoms with van der Waals surface area (Å²) in [6.45, 7) is 7.67. The van der Waals surface area contributed by atoms with Gasteiger partial charge in [0.25, 0.3) is 0 Å². The molecule has 3 heteroatoms. The molecule has 1 aliphatic rings. The number of hydrogen-bond donors (Lipinski definition) is 2. The van der Waals surface area contributed by atoms with E-state index in [2.05, 4.69) is 49.6 Å². The number of unbranched alkanes of at least 4 members (excludes halogenated alkanes) is 1. The zero-order valence-electron chi connectivity index (χ0n) is 13.5. The van der Waals surface area contributed by atoms with Gasteiger partial charge in [-0.2, -0.15) is 0 Å². The number of carbonyl (C=O) groups is 1. The van der Waals surface area contributed by atoms with Crippen LogP contribution in [0, 0.1) is 5.92 Å². The fraction of sp³-hybridized carbons (Fsp3) is 0.611. The highest BCUT2D eigenvalue weighted by Gasteiger charge is 2.24. The molecular weight excluding hydrogens is 260 g/mol. The third-order valence-electron chi connectivity index (χ3n) is 4.46. The zero-order valence-corrected chi connectivity index (χ0v) is 13.5. The molecule has 1 amide bonds. The number of rotatable bonds is 8. The van der Waals surface area contributed by atoms with Gasteiger partial charge < -0.3 is 10.6 Å². The molecule has 0 spiro atoms. The minimum absolute atomic E-state index is 0.111. The van der Waals surface area contributed by atoms with Gasteiger partial charge in [0, 0.05) is 11.7 Å². The maximum Gasteiger partial charge on any atom is 0.228 e. The van der Waals surface area contributed by atoms with E-state index in [-0.39, 0.29) is 5.91 Å². The van der Waals surface area contributed by atoms with Crippen molar-refractivity contribution in [1.29, 1.82) is 0 Å². The minimum atomic E-state index is 0.111. The molecule has 1 aromatic rings. The summed E-state index contributed by atoms with van der Waals surface area (Å²) in [5.74, 6) is 0.771. The summed E-state index contributed by atoms with van der Waals surface area (Å²) in [6.07, 6.45) is 5.50. The lowest BCUT2D eigenvalue weighted by Gasteiger charge is -2.28. The van der Waals surface area contributed by atoms with Gasteiger partial charge in [0.05, 0.1) is 6.42 Å². The lowest BCUT2D eigenvalue weighted by molar-refractivity contribution is -0.115. The molecule has 1 aliphatic heterocycles. The fourth-order valence-electron chi connectivity index (χ4n) is 3.29. The fourth-order valence-corrected chi connectivity index (χ4v) is 3.29. The summed E-state index contributed by atoms with van der Waals surface area (Å²) in [6, 6.07) is 6.85. The van der Waals surface area contributed by atoms with Crippen molar-refractivity contribution in [2.24, 2.45) is 5.92 Å². The normalized spacial score (nSPS) is 16.4. The van der Waals surface area contributed by atoms with Crippen LogP contribution in [0.25, 0.3) is 0 Å². The van der Waals surface area contributed by atoms with Gasteiger partial charge in [-0.1, -0.05) is 52.2 Å². The average Bonchev–Trinajstić information content (AvgIpc) is 2.85. The first-order valence-electron chi connectivity index (χ1n) is 8.35. The van der Waals surface area contributed by atoms with Gasteiger partial charge in [-0.25, -0.2) is 0 Å². The van der Waals surface area contributed by atoms with E-state index < -0.39 is 0 Å². The second-order valence-corrected chi connectivity index (χ2v) is 5.99. The van der Waals surface area contributed by atoms with Crippen molar-refractivity contribution >= 4 is 11.6 Å². The molecule has 0 saturated carbocycles. The van der Waals surface area contributed by atoms with Gasteiger partial charge in [-0.05, 0) is 36.1 Å². The Morgan fingerprint density at radius 1 is 1.29 bits per heavy atom. The van der Waals surface area contributed by atoms with Crippen LogP contribution >= 0.6 is 0 Å². The van der Waals surface area contributed by atoms with Crippen LogP contribution in [0.3, 0.4) is 0 Å². The van der Waals surface area contributed by atoms with Gasteiger partial charge in [0.2, 0.25) is 5.91 Å². The quantitative estimate of drug-likeness (QED) is 0.757. The zero-order chi connectivity index (χ0) is 15.2. The van der Waals surface area contributed by atoms with Gasteiger partial charge in [0.15, 0.2) is 0 Å². The van der Waals surface area contributed by atoms with Gasteiger partial charge in [-0.15, -0.1) is 0 Å². The molecule has 2 N–H and O–H groups in total. The lowest BCUT2D eigenvalue weighted by Crippen LogP contribution is -2.28. The Kier molecular flexibility index (Phi) is 5.80. The molecule has 0 saturated heterocycles. The molecule has 1 heterocycles. The van der Waals surface area contributed by atoms with E-state index >= 15 is 0 Å². The molecule has 3 nitrogen and oxygen atoms in total. The van der Waals surface area contributed by atoms with Crippen molar-refractivity contribution in [2.45, 2.75) is 58.9 Å². The summed E-state index contributed by atoms with van der Waals surface area (Å²) in [5, 5.41) is 6.57. The predicted octanol–water partition coefficient (Wildman–Crippen LogP) is 4.05. The van der Waals surface area contributed by atoms with E-state index in [1.165, 1.54) is 31.2 Å². The molecule has 0 bridgehead atoms. The van der Waals surface area contributed by atoms with Crippen molar-refractivity contribution in [3.05, 3.63) is 29.3 Å². The van der Waals surface area contributed by atoms with Crippen molar-refractivity contribution in [3.63, 3.8) is 0 Å². The highest BCUT2D eigenvalue weighted by atomic mass is 16.1. The third kappa shape index (κ3) is 3.85. The Morgan fingerprint density at radius 3 is 2.76 bits per heavy atom. The van der Waals surface area contributed by atoms with E-state index in [4.69, 9.17) is 0 Å². The molecule has 21 heavy (non-hydrogen) atoms. The van der Waals surface area contributed by atoms with E-state index in [1.54, 1.807) is 0 Å². The lowest BCUT2D eigenvalue weighted by atomic mass is 9.86. The second-order valence-electron chi connectivity index (χ2n) is 5.99. The Hall–Kier alpha value is -1.35. The standard InChI is InChI=1S/C18H28N2O/c1-4-7-8-13(5-2)18(19-6-3)14-9-10-16-15(11-14)12-17(21)20-16/h9-11,13,18-19H,4-8,12H2,1-3H3,(H,20,21). The van der Waals surface area contributed by atoms with Crippen LogP contribution in [0.2, 0.25) is 0 Å². The summed E-state index contributed by atoms with van der Waals surface area (Å²) in [7, 11) is 0. The number of hydrogen-bond acceptors (Lipinski definition) is 2. The summed E-state index contributed by atoms with van der Waals surface area (Å²) >= 11 is 0. The van der Waals surface area contributed by atoms with Crippen molar-refractivity contribution < 1.29 is 4.79 Å². The molecule has 0 fully saturated rings. The highest BCUT2D eigenvalue weighted by Crippen LogP contribution is 2.32. The highest BCUT2D eigenvalue weighted by molar-refractivity contribution is 5.99. The van der Waals surface area contributed by atoms with Crippen LogP contribution in [-0.2, 0) is 11.2 Å². The van der Waals surface area contributed by atoms with E-state index in [0.717, 1.165) is 17.8 Å². The first-order valence-corrected chi connectivity index (χ1v) is 8.35. The van der Waals surface area contributed by atoms with Crippen LogP contribution in [0.15, 0.2) is 18.2 Å². The Labute approximate surface area is 128 Å². The number of nitrogens with one attached hydrogen (secondary N) is 2. The first kappa shape index (κ1) is 16.0. The number of carbonyl (C=O) groups excluding carboxylic acids is 1. The average molecular weight is 288 g/mol. The van der Waals surface area contributed by atoms with Crippen molar-refractivity contribution in [3.8, 4) is 0 Å². The van der Waals surface area contributed by atoms with Gasteiger partial charge in [0.1, 0.15) is 0 Å². The minimum Gasteiger partial charge on any atom is -0.326 e. The van der Waals surface area contributed by atoms with Crippen LogP contribution in [0.4, 0.5) is 5.69 Å². The molecule has 0 aliphatic carbocycles. The number of benzene rings is 1. The van der Waals surface area contributed by atoms with Crippen molar-refractivity contribution in [1.82, 2.24) is 5.32 Å². The monoisotopic (exact) mass is 288 g/mol. The third-order valence-corrected chi connectivity index (χ3v) is 4.46. The van der Waals surface area contributed by atoms with Crippen molar-refractivity contribution in [2.75, 3.05) is 11.9 Å². The molecule has 2 atom stereocenters. The summed E-state index contributed by atoms with van der Waals surface area (Å²) in [5.41, 5.74) is 3.46. The molecule has 0 aromatic heterocycles. The first-order chi connectivity index (χ1) is 10.2. The van der Waals surface area contributed by atoms with E-state index in [1.807, 2.05) is 0 Å². The van der Waals surface area contributed by atoms with E-state index in [9.17, 15) is 4.79 Å². The predicted molar refractivity (Wildman–Crippen MR) is 88.5 cm³/mol. The summed E-state index contributed by atoms with van der Waals surface area (Å²) in [4.78, 5) is 11.5. The number of amides is 1. The maximum absolute atomic E-state index is 11.5. The molecule has 2 unspecified atom stereocenters. The second kappa shape index (κ2) is 7.60. The Balaban J connectivity index is 2.21. The molecule has 2 rings (SSSR count). The van der Waals surface area contributed by atoms with Crippen LogP contribution in [0.5, 0.6) is 0 Å². The maximum atomic E-state index is 11.5. The van der Waals surface area contributed by atoms with Crippen LogP contribution < -0.4 is 10.6 Å². The van der Waals surface area contributed by atoms with Crippen LogP contribution in [-0.4, -0.2) is 12.5 Å². The van der Waals surface area contributed by atoms with Gasteiger partial charge in [-0.3, -0.25) is 4.79 Å². The van der Waals surface area contributed by atoms with E-state index in [0.29, 0.717) is 18.4 Å².